The summed E-state index contributed by atoms with van der Waals surface area (Å²) in [7, 11) is 0. The molecule has 0 saturated heterocycles. The minimum absolute atomic E-state index is 0.0880. The van der Waals surface area contributed by atoms with Crippen LogP contribution in [0.3, 0.4) is 0 Å². The van der Waals surface area contributed by atoms with E-state index in [1.807, 2.05) is 30.3 Å². The maximum Gasteiger partial charge on any atom is 0.248 e. The van der Waals surface area contributed by atoms with Crippen molar-refractivity contribution in [3.8, 4) is 5.75 Å². The number of amides is 2. The molecule has 0 aliphatic rings. The molecule has 5 heteroatoms. The highest BCUT2D eigenvalue weighted by Gasteiger charge is 2.03. The first-order chi connectivity index (χ1) is 10.6. The molecule has 5 nitrogen and oxygen atoms in total. The van der Waals surface area contributed by atoms with Crippen molar-refractivity contribution in [2.24, 2.45) is 5.73 Å². The van der Waals surface area contributed by atoms with E-state index in [0.717, 1.165) is 11.3 Å². The first-order valence-corrected chi connectivity index (χ1v) is 6.98. The monoisotopic (exact) mass is 298 g/mol. The van der Waals surface area contributed by atoms with Gasteiger partial charge in [0.05, 0.1) is 13.0 Å². The van der Waals surface area contributed by atoms with Crippen molar-refractivity contribution in [3.05, 3.63) is 65.7 Å². The van der Waals surface area contributed by atoms with Gasteiger partial charge in [0, 0.05) is 12.1 Å². The third-order valence-corrected chi connectivity index (χ3v) is 3.07. The maximum atomic E-state index is 11.7. The van der Waals surface area contributed by atoms with Gasteiger partial charge in [0.15, 0.2) is 0 Å². The van der Waals surface area contributed by atoms with Gasteiger partial charge in [0.1, 0.15) is 5.75 Å². The smallest absolute Gasteiger partial charge is 0.248 e. The molecule has 0 spiro atoms. The molecule has 3 N–H and O–H groups in total. The van der Waals surface area contributed by atoms with E-state index in [1.165, 1.54) is 0 Å². The molecule has 2 aromatic rings. The predicted molar refractivity (Wildman–Crippen MR) is 83.4 cm³/mol. The Balaban J connectivity index is 1.70. The van der Waals surface area contributed by atoms with Gasteiger partial charge in [-0.3, -0.25) is 9.59 Å². The van der Waals surface area contributed by atoms with Crippen LogP contribution in [-0.2, 0) is 11.3 Å². The van der Waals surface area contributed by atoms with Crippen LogP contribution in [0.15, 0.2) is 54.6 Å². The molecular formula is C17H18N2O3. The summed E-state index contributed by atoms with van der Waals surface area (Å²) >= 11 is 0. The van der Waals surface area contributed by atoms with E-state index in [2.05, 4.69) is 5.32 Å². The second kappa shape index (κ2) is 7.83. The number of carbonyl (C=O) groups excluding carboxylic acids is 2. The van der Waals surface area contributed by atoms with E-state index >= 15 is 0 Å². The lowest BCUT2D eigenvalue weighted by atomic mass is 10.1. The van der Waals surface area contributed by atoms with E-state index in [-0.39, 0.29) is 12.3 Å². The van der Waals surface area contributed by atoms with E-state index in [1.54, 1.807) is 24.3 Å². The fraction of sp³-hybridized carbons (Fsp3) is 0.176. The SMILES string of the molecule is NC(=O)c1ccc(CNC(=O)CCOc2ccccc2)cc1. The zero-order valence-corrected chi connectivity index (χ0v) is 12.1. The van der Waals surface area contributed by atoms with Gasteiger partial charge in [-0.25, -0.2) is 0 Å². The molecule has 0 saturated carbocycles. The first kappa shape index (κ1) is 15.6. The van der Waals surface area contributed by atoms with Crippen LogP contribution in [0.4, 0.5) is 0 Å². The van der Waals surface area contributed by atoms with Crippen molar-refractivity contribution < 1.29 is 14.3 Å². The molecule has 114 valence electrons. The fourth-order valence-corrected chi connectivity index (χ4v) is 1.85. The number of nitrogens with two attached hydrogens (primary N) is 1. The summed E-state index contributed by atoms with van der Waals surface area (Å²) in [6.07, 6.45) is 0.286. The Kier molecular flexibility index (Phi) is 5.54. The number of carbonyl (C=O) groups is 2. The Labute approximate surface area is 129 Å². The van der Waals surface area contributed by atoms with Crippen LogP contribution in [0.2, 0.25) is 0 Å². The van der Waals surface area contributed by atoms with E-state index < -0.39 is 5.91 Å². The molecule has 0 unspecified atom stereocenters. The maximum absolute atomic E-state index is 11.7. The van der Waals surface area contributed by atoms with Crippen molar-refractivity contribution in [3.63, 3.8) is 0 Å². The van der Waals surface area contributed by atoms with Gasteiger partial charge >= 0.3 is 0 Å². The van der Waals surface area contributed by atoms with Crippen molar-refractivity contribution in [2.75, 3.05) is 6.61 Å². The van der Waals surface area contributed by atoms with Crippen LogP contribution < -0.4 is 15.8 Å². The van der Waals surface area contributed by atoms with Crippen molar-refractivity contribution in [1.82, 2.24) is 5.32 Å². The molecule has 0 atom stereocenters. The molecule has 22 heavy (non-hydrogen) atoms. The minimum Gasteiger partial charge on any atom is -0.493 e. The number of rotatable bonds is 7. The average Bonchev–Trinajstić information content (AvgIpc) is 2.54. The van der Waals surface area contributed by atoms with Crippen molar-refractivity contribution in [1.29, 1.82) is 0 Å². The Bertz CT molecular complexity index is 624. The highest BCUT2D eigenvalue weighted by Crippen LogP contribution is 2.08. The van der Waals surface area contributed by atoms with Crippen molar-refractivity contribution in [2.45, 2.75) is 13.0 Å². The number of hydrogen-bond donors (Lipinski definition) is 2. The van der Waals surface area contributed by atoms with Gasteiger partial charge in [-0.15, -0.1) is 0 Å². The third kappa shape index (κ3) is 4.94. The van der Waals surface area contributed by atoms with E-state index in [4.69, 9.17) is 10.5 Å². The second-order valence-corrected chi connectivity index (χ2v) is 4.75. The molecule has 0 aromatic heterocycles. The largest absolute Gasteiger partial charge is 0.493 e. The number of primary amides is 1. The lowest BCUT2D eigenvalue weighted by molar-refractivity contribution is -0.121. The van der Waals surface area contributed by atoms with Gasteiger partial charge < -0.3 is 15.8 Å². The topological polar surface area (TPSA) is 81.4 Å². The van der Waals surface area contributed by atoms with E-state index in [0.29, 0.717) is 18.7 Å². The quantitative estimate of drug-likeness (QED) is 0.818. The second-order valence-electron chi connectivity index (χ2n) is 4.75. The Hall–Kier alpha value is -2.82. The highest BCUT2D eigenvalue weighted by molar-refractivity contribution is 5.92. The van der Waals surface area contributed by atoms with Gasteiger partial charge in [-0.1, -0.05) is 30.3 Å². The minimum atomic E-state index is -0.464. The zero-order chi connectivity index (χ0) is 15.8. The standard InChI is InChI=1S/C17H18N2O3/c18-17(21)14-8-6-13(7-9-14)12-19-16(20)10-11-22-15-4-2-1-3-5-15/h1-9H,10-12H2,(H2,18,21)(H,19,20). The van der Waals surface area contributed by atoms with Gasteiger partial charge in [-0.2, -0.15) is 0 Å². The molecule has 2 rings (SSSR count). The molecule has 0 aliphatic heterocycles. The molecule has 0 bridgehead atoms. The number of para-hydroxylation sites is 1. The summed E-state index contributed by atoms with van der Waals surface area (Å²) in [6, 6.07) is 16.2. The first-order valence-electron chi connectivity index (χ1n) is 6.98. The highest BCUT2D eigenvalue weighted by atomic mass is 16.5. The third-order valence-electron chi connectivity index (χ3n) is 3.07. The Morgan fingerprint density at radius 3 is 2.32 bits per heavy atom. The van der Waals surface area contributed by atoms with E-state index in [9.17, 15) is 9.59 Å². The summed E-state index contributed by atoms with van der Waals surface area (Å²) in [5.74, 6) is 0.195. The molecule has 0 fully saturated rings. The summed E-state index contributed by atoms with van der Waals surface area (Å²) in [4.78, 5) is 22.7. The summed E-state index contributed by atoms with van der Waals surface area (Å²) in [6.45, 7) is 0.736. The molecule has 2 aromatic carbocycles. The van der Waals surface area contributed by atoms with Crippen LogP contribution >= 0.6 is 0 Å². The fourth-order valence-electron chi connectivity index (χ4n) is 1.85. The van der Waals surface area contributed by atoms with Crippen LogP contribution in [0.1, 0.15) is 22.3 Å². The predicted octanol–water partition coefficient (Wildman–Crippen LogP) is 1.87. The summed E-state index contributed by atoms with van der Waals surface area (Å²) < 4.78 is 5.46. The molecule has 0 aliphatic carbocycles. The number of hydrogen-bond acceptors (Lipinski definition) is 3. The Morgan fingerprint density at radius 2 is 1.68 bits per heavy atom. The summed E-state index contributed by atoms with van der Waals surface area (Å²) in [5, 5.41) is 2.80. The lowest BCUT2D eigenvalue weighted by Gasteiger charge is -2.07. The average molecular weight is 298 g/mol. The lowest BCUT2D eigenvalue weighted by Crippen LogP contribution is -2.24. The van der Waals surface area contributed by atoms with Crippen molar-refractivity contribution >= 4 is 11.8 Å². The normalized spacial score (nSPS) is 10.0. The van der Waals surface area contributed by atoms with Gasteiger partial charge in [-0.05, 0) is 29.8 Å². The van der Waals surface area contributed by atoms with Crippen LogP contribution in [0, 0.1) is 0 Å². The molecule has 2 amide bonds. The summed E-state index contributed by atoms with van der Waals surface area (Å²) in [5.41, 5.74) is 6.52. The number of nitrogens with one attached hydrogen (secondary N) is 1. The zero-order valence-electron chi connectivity index (χ0n) is 12.1. The van der Waals surface area contributed by atoms with Crippen LogP contribution in [0.5, 0.6) is 5.75 Å². The van der Waals surface area contributed by atoms with Crippen LogP contribution in [-0.4, -0.2) is 18.4 Å². The number of ether oxygens (including phenoxy) is 1. The number of benzene rings is 2. The van der Waals surface area contributed by atoms with Crippen LogP contribution in [0.25, 0.3) is 0 Å². The van der Waals surface area contributed by atoms with Gasteiger partial charge in [0.2, 0.25) is 11.8 Å². The Morgan fingerprint density at radius 1 is 1.00 bits per heavy atom. The molecular weight excluding hydrogens is 280 g/mol. The molecule has 0 heterocycles. The van der Waals surface area contributed by atoms with Gasteiger partial charge in [0.25, 0.3) is 0 Å². The molecule has 0 radical (unpaired) electrons.